The Morgan fingerprint density at radius 1 is 1.31 bits per heavy atom. The maximum atomic E-state index is 4.42. The van der Waals surface area contributed by atoms with Crippen LogP contribution in [-0.2, 0) is 0 Å². The van der Waals surface area contributed by atoms with Gasteiger partial charge in [-0.25, -0.2) is 0 Å². The molecule has 0 saturated heterocycles. The fourth-order valence-corrected chi connectivity index (χ4v) is 2.13. The third kappa shape index (κ3) is 3.67. The summed E-state index contributed by atoms with van der Waals surface area (Å²) < 4.78 is 0. The lowest BCUT2D eigenvalue weighted by Crippen LogP contribution is -2.44. The molecule has 0 atom stereocenters. The Hall–Kier alpha value is -0.770. The minimum atomic E-state index is 0.602. The molecular formula is C12H26N4. The third-order valence-electron chi connectivity index (χ3n) is 3.04. The average Bonchev–Trinajstić information content (AvgIpc) is 2.57. The molecule has 0 spiro atoms. The predicted octanol–water partition coefficient (Wildman–Crippen LogP) is 0.996. The maximum absolute atomic E-state index is 4.42. The summed E-state index contributed by atoms with van der Waals surface area (Å²) in [6.07, 6.45) is 0. The van der Waals surface area contributed by atoms with Gasteiger partial charge >= 0.3 is 0 Å². The van der Waals surface area contributed by atoms with Crippen LogP contribution in [0.1, 0.15) is 27.7 Å². The van der Waals surface area contributed by atoms with Gasteiger partial charge in [-0.3, -0.25) is 9.89 Å². The molecule has 1 aliphatic heterocycles. The van der Waals surface area contributed by atoms with Crippen molar-refractivity contribution in [3.63, 3.8) is 0 Å². The first-order valence-corrected chi connectivity index (χ1v) is 6.27. The number of guanidine groups is 1. The second kappa shape index (κ2) is 6.09. The number of nitrogens with one attached hydrogen (secondary N) is 1. The topological polar surface area (TPSA) is 30.9 Å². The Kier molecular flexibility index (Phi) is 5.06. The van der Waals surface area contributed by atoms with Gasteiger partial charge in [0.25, 0.3) is 0 Å². The van der Waals surface area contributed by atoms with Crippen molar-refractivity contribution in [3.8, 4) is 0 Å². The van der Waals surface area contributed by atoms with Crippen LogP contribution in [0.5, 0.6) is 0 Å². The van der Waals surface area contributed by atoms with Crippen LogP contribution in [0, 0.1) is 0 Å². The van der Waals surface area contributed by atoms with Crippen molar-refractivity contribution in [3.05, 3.63) is 0 Å². The fourth-order valence-electron chi connectivity index (χ4n) is 2.13. The highest BCUT2D eigenvalue weighted by atomic mass is 15.3. The van der Waals surface area contributed by atoms with E-state index in [1.807, 2.05) is 0 Å². The van der Waals surface area contributed by atoms with Crippen molar-refractivity contribution in [2.45, 2.75) is 39.8 Å². The van der Waals surface area contributed by atoms with E-state index in [1.54, 1.807) is 0 Å². The van der Waals surface area contributed by atoms with Crippen LogP contribution in [0.25, 0.3) is 0 Å². The van der Waals surface area contributed by atoms with Crippen molar-refractivity contribution in [1.82, 2.24) is 15.1 Å². The fraction of sp³-hybridized carbons (Fsp3) is 0.917. The molecule has 4 nitrogen and oxygen atoms in total. The van der Waals surface area contributed by atoms with Crippen LogP contribution in [0.15, 0.2) is 4.99 Å². The molecule has 0 amide bonds. The number of aliphatic imine (C=N–C) groups is 1. The highest BCUT2D eigenvalue weighted by Gasteiger charge is 2.15. The van der Waals surface area contributed by atoms with E-state index in [-0.39, 0.29) is 0 Å². The quantitative estimate of drug-likeness (QED) is 0.758. The highest BCUT2D eigenvalue weighted by Crippen LogP contribution is 2.03. The molecule has 0 saturated carbocycles. The minimum absolute atomic E-state index is 0.602. The summed E-state index contributed by atoms with van der Waals surface area (Å²) in [6, 6.07) is 1.20. The number of rotatable bonds is 5. The van der Waals surface area contributed by atoms with Gasteiger partial charge in [0.05, 0.1) is 6.54 Å². The molecule has 1 heterocycles. The van der Waals surface area contributed by atoms with Crippen LogP contribution in [0.4, 0.5) is 0 Å². The first kappa shape index (κ1) is 13.3. The van der Waals surface area contributed by atoms with Crippen molar-refractivity contribution >= 4 is 5.96 Å². The van der Waals surface area contributed by atoms with E-state index in [1.165, 1.54) is 0 Å². The zero-order chi connectivity index (χ0) is 12.1. The second-order valence-electron chi connectivity index (χ2n) is 4.98. The van der Waals surface area contributed by atoms with Crippen LogP contribution >= 0.6 is 0 Å². The molecule has 1 aliphatic rings. The summed E-state index contributed by atoms with van der Waals surface area (Å²) in [6.45, 7) is 13.0. The van der Waals surface area contributed by atoms with Crippen LogP contribution < -0.4 is 5.32 Å². The normalized spacial score (nSPS) is 16.5. The predicted molar refractivity (Wildman–Crippen MR) is 69.9 cm³/mol. The zero-order valence-electron chi connectivity index (χ0n) is 11.3. The lowest BCUT2D eigenvalue weighted by molar-refractivity contribution is 0.178. The summed E-state index contributed by atoms with van der Waals surface area (Å²) in [5, 5.41) is 3.41. The smallest absolute Gasteiger partial charge is 0.193 e. The molecule has 0 bridgehead atoms. The number of nitrogens with zero attached hydrogens (tertiary/aromatic N) is 3. The first-order chi connectivity index (χ1) is 7.52. The lowest BCUT2D eigenvalue weighted by atomic mass is 10.2. The Bertz CT molecular complexity index is 227. The van der Waals surface area contributed by atoms with Gasteiger partial charge in [-0.1, -0.05) is 0 Å². The second-order valence-corrected chi connectivity index (χ2v) is 4.98. The average molecular weight is 226 g/mol. The van der Waals surface area contributed by atoms with Gasteiger partial charge in [0.15, 0.2) is 5.96 Å². The number of hydrogen-bond donors (Lipinski definition) is 1. The van der Waals surface area contributed by atoms with Crippen molar-refractivity contribution in [2.75, 3.05) is 33.2 Å². The Morgan fingerprint density at radius 3 is 2.38 bits per heavy atom. The van der Waals surface area contributed by atoms with E-state index in [9.17, 15) is 0 Å². The van der Waals surface area contributed by atoms with Crippen LogP contribution in [-0.4, -0.2) is 61.1 Å². The molecule has 94 valence electrons. The molecule has 16 heavy (non-hydrogen) atoms. The molecule has 4 heteroatoms. The van der Waals surface area contributed by atoms with Gasteiger partial charge in [-0.15, -0.1) is 0 Å². The molecule has 0 aromatic heterocycles. The molecule has 0 aromatic carbocycles. The van der Waals surface area contributed by atoms with Crippen molar-refractivity contribution in [1.29, 1.82) is 0 Å². The van der Waals surface area contributed by atoms with Crippen molar-refractivity contribution in [2.24, 2.45) is 4.99 Å². The lowest BCUT2D eigenvalue weighted by Gasteiger charge is -2.30. The van der Waals surface area contributed by atoms with E-state index in [2.05, 4.69) is 54.9 Å². The van der Waals surface area contributed by atoms with E-state index < -0.39 is 0 Å². The van der Waals surface area contributed by atoms with Gasteiger partial charge in [0, 0.05) is 38.8 Å². The summed E-state index contributed by atoms with van der Waals surface area (Å²) in [5.41, 5.74) is 0. The van der Waals surface area contributed by atoms with Gasteiger partial charge in [0.2, 0.25) is 0 Å². The maximum Gasteiger partial charge on any atom is 0.193 e. The monoisotopic (exact) mass is 226 g/mol. The summed E-state index contributed by atoms with van der Waals surface area (Å²) >= 11 is 0. The molecular weight excluding hydrogens is 200 g/mol. The standard InChI is InChI=1S/C12H26N4/c1-10(2)16(11(3)4)9-7-14-12-13-6-8-15(12)5/h10-11H,6-9H2,1-5H3,(H,13,14). The van der Waals surface area contributed by atoms with Crippen LogP contribution in [0.2, 0.25) is 0 Å². The molecule has 1 rings (SSSR count). The van der Waals surface area contributed by atoms with Gasteiger partial charge in [-0.05, 0) is 27.7 Å². The van der Waals surface area contributed by atoms with Gasteiger partial charge in [0.1, 0.15) is 0 Å². The molecule has 0 aromatic rings. The highest BCUT2D eigenvalue weighted by molar-refractivity contribution is 5.81. The number of hydrogen-bond acceptors (Lipinski definition) is 4. The van der Waals surface area contributed by atoms with E-state index in [4.69, 9.17) is 0 Å². The van der Waals surface area contributed by atoms with Gasteiger partial charge < -0.3 is 10.2 Å². The summed E-state index contributed by atoms with van der Waals surface area (Å²) in [7, 11) is 2.08. The van der Waals surface area contributed by atoms with Crippen molar-refractivity contribution < 1.29 is 0 Å². The zero-order valence-corrected chi connectivity index (χ0v) is 11.3. The van der Waals surface area contributed by atoms with Gasteiger partial charge in [-0.2, -0.15) is 0 Å². The number of likely N-dealkylation sites (N-methyl/N-ethyl adjacent to an activating group) is 1. The minimum Gasteiger partial charge on any atom is -0.355 e. The molecule has 1 N–H and O–H groups in total. The Labute approximate surface area is 99.7 Å². The Morgan fingerprint density at radius 2 is 1.94 bits per heavy atom. The SMILES string of the molecule is CC(C)N(CCNC1=NCCN1C)C(C)C. The summed E-state index contributed by atoms with van der Waals surface area (Å²) in [4.78, 5) is 9.08. The third-order valence-corrected chi connectivity index (χ3v) is 3.04. The molecule has 0 unspecified atom stereocenters. The van der Waals surface area contributed by atoms with E-state index in [0.717, 1.165) is 32.1 Å². The molecule has 0 radical (unpaired) electrons. The van der Waals surface area contributed by atoms with Crippen LogP contribution in [0.3, 0.4) is 0 Å². The first-order valence-electron chi connectivity index (χ1n) is 6.27. The van der Waals surface area contributed by atoms with E-state index in [0.29, 0.717) is 12.1 Å². The Balaban J connectivity index is 2.28. The largest absolute Gasteiger partial charge is 0.355 e. The molecule has 0 aliphatic carbocycles. The van der Waals surface area contributed by atoms with E-state index >= 15 is 0 Å². The summed E-state index contributed by atoms with van der Waals surface area (Å²) in [5.74, 6) is 1.05. The molecule has 0 fully saturated rings.